The summed E-state index contributed by atoms with van der Waals surface area (Å²) in [5.41, 5.74) is 19.2. The van der Waals surface area contributed by atoms with E-state index in [1.54, 1.807) is 0 Å². The Morgan fingerprint density at radius 3 is 1.17 bits per heavy atom. The molecule has 0 amide bonds. The summed E-state index contributed by atoms with van der Waals surface area (Å²) < 4.78 is 0. The van der Waals surface area contributed by atoms with E-state index in [4.69, 9.17) is 0 Å². The molecule has 2 nitrogen and oxygen atoms in total. The molecule has 9 aromatic rings. The number of hydrogen-bond donors (Lipinski definition) is 0. The van der Waals surface area contributed by atoms with Crippen LogP contribution in [0.5, 0.6) is 0 Å². The first-order valence-electron chi connectivity index (χ1n) is 23.2. The van der Waals surface area contributed by atoms with Gasteiger partial charge in [-0.15, -0.1) is 0 Å². The lowest BCUT2D eigenvalue weighted by Gasteiger charge is -2.41. The second-order valence-corrected chi connectivity index (χ2v) is 30.6. The molecule has 0 heterocycles. The third-order valence-electron chi connectivity index (χ3n) is 14.1. The molecule has 11 rings (SSSR count). The quantitative estimate of drug-likeness (QED) is 0.140. The fourth-order valence-corrected chi connectivity index (χ4v) is 13.1. The Hall–Kier alpha value is -6.73. The van der Waals surface area contributed by atoms with Crippen molar-refractivity contribution in [2.45, 2.75) is 58.5 Å². The molecule has 1 atom stereocenters. The highest BCUT2D eigenvalue weighted by Crippen LogP contribution is 2.63. The van der Waals surface area contributed by atoms with Gasteiger partial charge in [0.25, 0.3) is 0 Å². The van der Waals surface area contributed by atoms with Crippen LogP contribution < -0.4 is 20.2 Å². The molecule has 0 saturated carbocycles. The minimum atomic E-state index is -1.52. The smallest absolute Gasteiger partial charge is 0.0775 e. The summed E-state index contributed by atoms with van der Waals surface area (Å²) >= 11 is 0. The van der Waals surface area contributed by atoms with Crippen molar-refractivity contribution in [3.63, 3.8) is 0 Å². The van der Waals surface area contributed by atoms with Crippen molar-refractivity contribution in [3.05, 3.63) is 228 Å². The van der Waals surface area contributed by atoms with Gasteiger partial charge in [0, 0.05) is 34.1 Å². The molecular weight excluding hydrogens is 817 g/mol. The molecule has 0 saturated heterocycles. The first-order chi connectivity index (χ1) is 31.3. The van der Waals surface area contributed by atoms with E-state index in [-0.39, 0.29) is 0 Å². The molecular formula is C61H56N2Si2. The highest BCUT2D eigenvalue weighted by molar-refractivity contribution is 6.89. The van der Waals surface area contributed by atoms with Crippen molar-refractivity contribution in [1.29, 1.82) is 0 Å². The van der Waals surface area contributed by atoms with Crippen molar-refractivity contribution in [2.24, 2.45) is 0 Å². The van der Waals surface area contributed by atoms with Gasteiger partial charge < -0.3 is 9.80 Å². The van der Waals surface area contributed by atoms with Gasteiger partial charge in [-0.25, -0.2) is 0 Å². The Morgan fingerprint density at radius 1 is 0.323 bits per heavy atom. The maximum atomic E-state index is 2.54. The van der Waals surface area contributed by atoms with Gasteiger partial charge in [0.15, 0.2) is 0 Å². The van der Waals surface area contributed by atoms with Crippen molar-refractivity contribution in [3.8, 4) is 22.3 Å². The van der Waals surface area contributed by atoms with Crippen LogP contribution in [-0.2, 0) is 5.41 Å². The summed E-state index contributed by atoms with van der Waals surface area (Å²) in [6.07, 6.45) is 0. The predicted octanol–water partition coefficient (Wildman–Crippen LogP) is 15.8. The molecule has 0 fully saturated rings. The molecule has 0 radical (unpaired) electrons. The highest BCUT2D eigenvalue weighted by atomic mass is 28.3. The molecule has 2 aliphatic carbocycles. The SMILES string of the molecule is Cc1ccc(N(c2ccc(C)cc2)c2ccc3c(c2)C2(c4ccccc4-3)c3cc(N(c4ccc([Si](C)(C)C)cc4)c4ccc([Si](C)(C)C)cc4)ccc3-c3cccc4cccc2c34)cc1. The number of aryl methyl sites for hydroxylation is 2. The lowest BCUT2D eigenvalue weighted by Crippen LogP contribution is -2.37. The monoisotopic (exact) mass is 872 g/mol. The number of benzene rings is 9. The molecule has 65 heavy (non-hydrogen) atoms. The molecule has 0 N–H and O–H groups in total. The van der Waals surface area contributed by atoms with E-state index in [1.165, 1.54) is 88.2 Å². The number of hydrogen-bond acceptors (Lipinski definition) is 2. The summed E-state index contributed by atoms with van der Waals surface area (Å²) in [5.74, 6) is 0. The summed E-state index contributed by atoms with van der Waals surface area (Å²) in [6, 6.07) is 74.5. The zero-order chi connectivity index (χ0) is 44.8. The molecule has 318 valence electrons. The Balaban J connectivity index is 1.21. The molecule has 0 aromatic heterocycles. The minimum Gasteiger partial charge on any atom is -0.310 e. The van der Waals surface area contributed by atoms with Crippen LogP contribution in [0, 0.1) is 13.8 Å². The van der Waals surface area contributed by atoms with Crippen LogP contribution in [0.2, 0.25) is 39.3 Å². The largest absolute Gasteiger partial charge is 0.310 e. The molecule has 1 spiro atoms. The Kier molecular flexibility index (Phi) is 9.58. The van der Waals surface area contributed by atoms with Gasteiger partial charge in [-0.05, 0) is 142 Å². The van der Waals surface area contributed by atoms with Crippen molar-refractivity contribution >= 4 is 71.4 Å². The Morgan fingerprint density at radius 2 is 0.692 bits per heavy atom. The van der Waals surface area contributed by atoms with Gasteiger partial charge >= 0.3 is 0 Å². The van der Waals surface area contributed by atoms with Crippen LogP contribution in [0.15, 0.2) is 194 Å². The average Bonchev–Trinajstić information content (AvgIpc) is 3.59. The number of fused-ring (bicyclic) bond motifs is 9. The predicted molar refractivity (Wildman–Crippen MR) is 285 cm³/mol. The van der Waals surface area contributed by atoms with Gasteiger partial charge in [0.2, 0.25) is 0 Å². The normalized spacial score (nSPS) is 14.8. The van der Waals surface area contributed by atoms with Gasteiger partial charge in [-0.1, -0.05) is 182 Å². The van der Waals surface area contributed by atoms with Crippen LogP contribution in [0.4, 0.5) is 34.1 Å². The zero-order valence-electron chi connectivity index (χ0n) is 38.9. The molecule has 0 aliphatic heterocycles. The van der Waals surface area contributed by atoms with Crippen LogP contribution in [0.1, 0.15) is 33.4 Å². The topological polar surface area (TPSA) is 6.48 Å². The van der Waals surface area contributed by atoms with Crippen molar-refractivity contribution in [1.82, 2.24) is 0 Å². The van der Waals surface area contributed by atoms with Crippen LogP contribution in [-0.4, -0.2) is 16.1 Å². The summed E-state index contributed by atoms with van der Waals surface area (Å²) in [5, 5.41) is 5.52. The van der Waals surface area contributed by atoms with Crippen LogP contribution in [0.3, 0.4) is 0 Å². The zero-order valence-corrected chi connectivity index (χ0v) is 40.9. The van der Waals surface area contributed by atoms with Crippen LogP contribution in [0.25, 0.3) is 33.0 Å². The van der Waals surface area contributed by atoms with E-state index in [0.29, 0.717) is 0 Å². The molecule has 9 aromatic carbocycles. The summed E-state index contributed by atoms with van der Waals surface area (Å²) in [6.45, 7) is 18.9. The van der Waals surface area contributed by atoms with Gasteiger partial charge in [0.1, 0.15) is 0 Å². The number of rotatable bonds is 8. The average molecular weight is 873 g/mol. The van der Waals surface area contributed by atoms with Gasteiger partial charge in [-0.2, -0.15) is 0 Å². The van der Waals surface area contributed by atoms with Gasteiger partial charge in [-0.3, -0.25) is 0 Å². The summed E-state index contributed by atoms with van der Waals surface area (Å²) in [7, 11) is -3.05. The second kappa shape index (κ2) is 15.2. The van der Waals surface area contributed by atoms with E-state index in [9.17, 15) is 0 Å². The maximum Gasteiger partial charge on any atom is 0.0775 e. The van der Waals surface area contributed by atoms with Crippen molar-refractivity contribution < 1.29 is 0 Å². The first-order valence-corrected chi connectivity index (χ1v) is 30.2. The third-order valence-corrected chi connectivity index (χ3v) is 18.2. The minimum absolute atomic E-state index is 0.609. The Labute approximate surface area is 387 Å². The Bertz CT molecular complexity index is 3170. The fraction of sp³-hybridized carbons (Fsp3) is 0.148. The molecule has 0 bridgehead atoms. The van der Waals surface area contributed by atoms with E-state index < -0.39 is 21.6 Å². The standard InChI is InChI=1S/C61H56N2Si2/c1-41-19-23-44(24-20-41)62(45-25-21-42(2)22-26-45)48-31-37-53-52-15-9-10-17-56(52)61(58(53)39-48)57-18-12-14-43-13-11-16-55(60(43)57)54-38-32-49(40-59(54)61)63(46-27-33-50(34-28-46)64(3,4)5)47-29-35-51(36-30-47)65(6,7)8/h9-40H,1-8H3. The van der Waals surface area contributed by atoms with Crippen LogP contribution >= 0.6 is 0 Å². The van der Waals surface area contributed by atoms with Gasteiger partial charge in [0.05, 0.1) is 21.6 Å². The highest BCUT2D eigenvalue weighted by Gasteiger charge is 2.50. The van der Waals surface area contributed by atoms with E-state index in [0.717, 1.165) is 22.7 Å². The summed E-state index contributed by atoms with van der Waals surface area (Å²) in [4.78, 5) is 4.92. The molecule has 1 unspecified atom stereocenters. The van der Waals surface area contributed by atoms with E-state index in [2.05, 4.69) is 257 Å². The first kappa shape index (κ1) is 41.0. The molecule has 2 aliphatic rings. The lowest BCUT2D eigenvalue weighted by atomic mass is 9.61. The number of anilines is 6. The van der Waals surface area contributed by atoms with Crippen molar-refractivity contribution in [2.75, 3.05) is 9.80 Å². The second-order valence-electron chi connectivity index (χ2n) is 20.4. The lowest BCUT2D eigenvalue weighted by molar-refractivity contribution is 0.773. The fourth-order valence-electron chi connectivity index (χ4n) is 10.7. The maximum absolute atomic E-state index is 2.54. The van der Waals surface area contributed by atoms with E-state index >= 15 is 0 Å². The number of nitrogens with zero attached hydrogens (tertiary/aromatic N) is 2. The van der Waals surface area contributed by atoms with E-state index in [1.807, 2.05) is 0 Å². The third kappa shape index (κ3) is 6.65. The molecule has 4 heteroatoms.